The fourth-order valence-corrected chi connectivity index (χ4v) is 1.43. The predicted octanol–water partition coefficient (Wildman–Crippen LogP) is 2.37. The van der Waals surface area contributed by atoms with E-state index in [-0.39, 0.29) is 0 Å². The number of benzene rings is 1. The largest absolute Gasteiger partial charge is 0.265 e. The van der Waals surface area contributed by atoms with E-state index < -0.39 is 0 Å². The number of nitrogens with zero attached hydrogens (tertiary/aromatic N) is 4. The highest BCUT2D eigenvalue weighted by atomic mass is 15.2. The molecule has 0 radical (unpaired) electrons. The first-order valence-electron chi connectivity index (χ1n) is 5.25. The van der Waals surface area contributed by atoms with Crippen LogP contribution in [0.4, 0.5) is 5.82 Å². The van der Waals surface area contributed by atoms with E-state index in [1.807, 2.05) is 43.4 Å². The van der Waals surface area contributed by atoms with Gasteiger partial charge >= 0.3 is 0 Å². The van der Waals surface area contributed by atoms with Crippen molar-refractivity contribution < 1.29 is 0 Å². The number of nitriles is 1. The molecule has 4 heteroatoms. The van der Waals surface area contributed by atoms with E-state index in [9.17, 15) is 0 Å². The van der Waals surface area contributed by atoms with Gasteiger partial charge in [-0.05, 0) is 19.1 Å². The lowest BCUT2D eigenvalue weighted by molar-refractivity contribution is 0.994. The Bertz CT molecular complexity index is 537. The second-order valence-corrected chi connectivity index (χ2v) is 3.80. The molecule has 2 aromatic rings. The van der Waals surface area contributed by atoms with Crippen molar-refractivity contribution in [3.8, 4) is 17.5 Å². The molecule has 0 spiro atoms. The van der Waals surface area contributed by atoms with E-state index in [1.54, 1.807) is 13.1 Å². The van der Waals surface area contributed by atoms with Crippen LogP contribution in [-0.4, -0.2) is 17.2 Å². The molecule has 2 rings (SSSR count). The van der Waals surface area contributed by atoms with Crippen molar-refractivity contribution in [3.05, 3.63) is 42.0 Å². The van der Waals surface area contributed by atoms with Crippen molar-refractivity contribution in [2.24, 2.45) is 0 Å². The molecular weight excluding hydrogens is 212 g/mol. The van der Waals surface area contributed by atoms with Gasteiger partial charge in [0.05, 0.1) is 5.69 Å². The zero-order valence-electron chi connectivity index (χ0n) is 9.75. The Balaban J connectivity index is 2.30. The molecule has 0 bridgehead atoms. The molecule has 0 saturated carbocycles. The van der Waals surface area contributed by atoms with Crippen molar-refractivity contribution >= 4 is 5.82 Å². The first-order valence-corrected chi connectivity index (χ1v) is 5.25. The summed E-state index contributed by atoms with van der Waals surface area (Å²) in [5, 5.41) is 16.8. The summed E-state index contributed by atoms with van der Waals surface area (Å²) < 4.78 is 0. The molecule has 0 aliphatic heterocycles. The van der Waals surface area contributed by atoms with Gasteiger partial charge in [0.15, 0.2) is 12.0 Å². The molecule has 0 amide bonds. The van der Waals surface area contributed by atoms with Crippen LogP contribution in [0.1, 0.15) is 5.56 Å². The topological polar surface area (TPSA) is 52.8 Å². The summed E-state index contributed by atoms with van der Waals surface area (Å²) in [5.74, 6) is 0.545. The Labute approximate surface area is 100 Å². The maximum Gasteiger partial charge on any atom is 0.185 e. The third-order valence-electron chi connectivity index (χ3n) is 2.49. The van der Waals surface area contributed by atoms with Gasteiger partial charge in [0.1, 0.15) is 0 Å². The van der Waals surface area contributed by atoms with Gasteiger partial charge in [-0.15, -0.1) is 10.2 Å². The van der Waals surface area contributed by atoms with Crippen molar-refractivity contribution in [2.45, 2.75) is 6.92 Å². The quantitative estimate of drug-likeness (QED) is 0.580. The number of rotatable bonds is 2. The number of aromatic nitrogens is 2. The highest BCUT2D eigenvalue weighted by molar-refractivity contribution is 5.60. The fraction of sp³-hybridized carbons (Fsp3) is 0.154. The van der Waals surface area contributed by atoms with Crippen LogP contribution in [0, 0.1) is 18.4 Å². The Morgan fingerprint density at radius 3 is 2.29 bits per heavy atom. The monoisotopic (exact) mass is 224 g/mol. The first-order chi connectivity index (χ1) is 8.20. The van der Waals surface area contributed by atoms with Crippen LogP contribution in [0.25, 0.3) is 11.3 Å². The summed E-state index contributed by atoms with van der Waals surface area (Å²) >= 11 is 0. The SMILES string of the molecule is Cc1ccc(-c2ccc(N(C)C#N)nn2)cc1. The molecule has 0 fully saturated rings. The maximum atomic E-state index is 8.71. The molecule has 0 aliphatic carbocycles. The Hall–Kier alpha value is -2.41. The van der Waals surface area contributed by atoms with Gasteiger partial charge < -0.3 is 0 Å². The van der Waals surface area contributed by atoms with Crippen LogP contribution < -0.4 is 4.90 Å². The van der Waals surface area contributed by atoms with E-state index in [2.05, 4.69) is 10.2 Å². The van der Waals surface area contributed by atoms with Crippen LogP contribution in [0.2, 0.25) is 0 Å². The third kappa shape index (κ3) is 2.40. The minimum Gasteiger partial charge on any atom is -0.265 e. The minimum absolute atomic E-state index is 0.545. The van der Waals surface area contributed by atoms with E-state index in [4.69, 9.17) is 5.26 Å². The number of hydrogen-bond acceptors (Lipinski definition) is 4. The summed E-state index contributed by atoms with van der Waals surface area (Å²) in [7, 11) is 1.65. The van der Waals surface area contributed by atoms with Gasteiger partial charge in [-0.25, -0.2) is 0 Å². The number of aryl methyl sites for hydroxylation is 1. The molecule has 0 saturated heterocycles. The average molecular weight is 224 g/mol. The van der Waals surface area contributed by atoms with Crippen molar-refractivity contribution in [2.75, 3.05) is 11.9 Å². The van der Waals surface area contributed by atoms with E-state index in [1.165, 1.54) is 10.5 Å². The second-order valence-electron chi connectivity index (χ2n) is 3.80. The standard InChI is InChI=1S/C13H12N4/c1-10-3-5-11(6-4-10)12-7-8-13(16-15-12)17(2)9-14/h3-8H,1-2H3. The van der Waals surface area contributed by atoms with Gasteiger partial charge in [-0.3, -0.25) is 4.90 Å². The summed E-state index contributed by atoms with van der Waals surface area (Å²) in [6.07, 6.45) is 1.98. The van der Waals surface area contributed by atoms with Crippen LogP contribution in [-0.2, 0) is 0 Å². The molecule has 0 N–H and O–H groups in total. The Morgan fingerprint density at radius 2 is 1.76 bits per heavy atom. The lowest BCUT2D eigenvalue weighted by Crippen LogP contribution is -2.10. The summed E-state index contributed by atoms with van der Waals surface area (Å²) in [6, 6.07) is 11.7. The van der Waals surface area contributed by atoms with Gasteiger partial charge in [0.25, 0.3) is 0 Å². The third-order valence-corrected chi connectivity index (χ3v) is 2.49. The zero-order chi connectivity index (χ0) is 12.3. The Morgan fingerprint density at radius 1 is 1.06 bits per heavy atom. The maximum absolute atomic E-state index is 8.71. The van der Waals surface area contributed by atoms with Crippen LogP contribution in [0.15, 0.2) is 36.4 Å². The molecule has 0 aliphatic rings. The predicted molar refractivity (Wildman–Crippen MR) is 66.2 cm³/mol. The lowest BCUT2D eigenvalue weighted by Gasteiger charge is -2.07. The molecule has 1 heterocycles. The summed E-state index contributed by atoms with van der Waals surface area (Å²) in [5.41, 5.74) is 3.04. The first kappa shape index (κ1) is 11.1. The van der Waals surface area contributed by atoms with E-state index in [0.717, 1.165) is 11.3 Å². The van der Waals surface area contributed by atoms with Gasteiger partial charge in [-0.1, -0.05) is 29.8 Å². The van der Waals surface area contributed by atoms with E-state index >= 15 is 0 Å². The minimum atomic E-state index is 0.545. The van der Waals surface area contributed by atoms with Gasteiger partial charge in [-0.2, -0.15) is 5.26 Å². The highest BCUT2D eigenvalue weighted by Crippen LogP contribution is 2.18. The highest BCUT2D eigenvalue weighted by Gasteiger charge is 2.03. The van der Waals surface area contributed by atoms with Crippen molar-refractivity contribution in [3.63, 3.8) is 0 Å². The van der Waals surface area contributed by atoms with Crippen molar-refractivity contribution in [1.29, 1.82) is 5.26 Å². The molecule has 1 aromatic heterocycles. The smallest absolute Gasteiger partial charge is 0.185 e. The van der Waals surface area contributed by atoms with Gasteiger partial charge in [0, 0.05) is 12.6 Å². The van der Waals surface area contributed by atoms with E-state index in [0.29, 0.717) is 5.82 Å². The molecule has 84 valence electrons. The summed E-state index contributed by atoms with van der Waals surface area (Å²) in [4.78, 5) is 1.37. The summed E-state index contributed by atoms with van der Waals surface area (Å²) in [6.45, 7) is 2.04. The molecule has 1 aromatic carbocycles. The van der Waals surface area contributed by atoms with Crippen LogP contribution in [0.3, 0.4) is 0 Å². The lowest BCUT2D eigenvalue weighted by atomic mass is 10.1. The molecule has 0 atom stereocenters. The van der Waals surface area contributed by atoms with Crippen LogP contribution in [0.5, 0.6) is 0 Å². The molecular formula is C13H12N4. The zero-order valence-corrected chi connectivity index (χ0v) is 9.75. The molecule has 0 unspecified atom stereocenters. The number of hydrogen-bond donors (Lipinski definition) is 0. The molecule has 17 heavy (non-hydrogen) atoms. The van der Waals surface area contributed by atoms with Crippen molar-refractivity contribution in [1.82, 2.24) is 10.2 Å². The van der Waals surface area contributed by atoms with Crippen LogP contribution >= 0.6 is 0 Å². The fourth-order valence-electron chi connectivity index (χ4n) is 1.43. The average Bonchev–Trinajstić information content (AvgIpc) is 2.39. The molecule has 4 nitrogen and oxygen atoms in total. The van der Waals surface area contributed by atoms with Gasteiger partial charge in [0.2, 0.25) is 0 Å². The second kappa shape index (κ2) is 4.62. The normalized spacial score (nSPS) is 9.71. The number of anilines is 1. The Kier molecular flexibility index (Phi) is 3.01.